The fraction of sp³-hybridized carbons (Fsp3) is 0.933. The Labute approximate surface area is 122 Å². The number of hydrogen-bond acceptors (Lipinski definition) is 4. The van der Waals surface area contributed by atoms with E-state index in [1.807, 2.05) is 25.7 Å². The third kappa shape index (κ3) is 4.09. The van der Waals surface area contributed by atoms with E-state index in [4.69, 9.17) is 9.47 Å². The molecular formula is C15H28N2O3. The highest BCUT2D eigenvalue weighted by Gasteiger charge is 2.35. The van der Waals surface area contributed by atoms with Gasteiger partial charge in [-0.2, -0.15) is 0 Å². The van der Waals surface area contributed by atoms with Crippen LogP contribution in [0.15, 0.2) is 0 Å². The minimum absolute atomic E-state index is 0.181. The van der Waals surface area contributed by atoms with Gasteiger partial charge in [-0.15, -0.1) is 0 Å². The zero-order valence-corrected chi connectivity index (χ0v) is 13.2. The van der Waals surface area contributed by atoms with Crippen molar-refractivity contribution in [1.82, 2.24) is 10.2 Å². The van der Waals surface area contributed by atoms with Crippen molar-refractivity contribution in [3.8, 4) is 0 Å². The van der Waals surface area contributed by atoms with Crippen LogP contribution >= 0.6 is 0 Å². The van der Waals surface area contributed by atoms with Gasteiger partial charge in [0.1, 0.15) is 5.60 Å². The number of amides is 1. The molecule has 2 saturated heterocycles. The smallest absolute Gasteiger partial charge is 0.410 e. The maximum Gasteiger partial charge on any atom is 0.410 e. The maximum absolute atomic E-state index is 12.2. The van der Waals surface area contributed by atoms with Crippen molar-refractivity contribution in [3.05, 3.63) is 0 Å². The van der Waals surface area contributed by atoms with Gasteiger partial charge in [0.15, 0.2) is 0 Å². The number of rotatable bonds is 4. The van der Waals surface area contributed by atoms with Gasteiger partial charge in [0.05, 0.1) is 13.2 Å². The molecule has 5 nitrogen and oxygen atoms in total. The molecular weight excluding hydrogens is 256 g/mol. The molecule has 0 aromatic heterocycles. The Morgan fingerprint density at radius 2 is 2.15 bits per heavy atom. The van der Waals surface area contributed by atoms with Crippen molar-refractivity contribution in [2.45, 2.75) is 52.2 Å². The molecule has 0 aliphatic carbocycles. The van der Waals surface area contributed by atoms with Crippen LogP contribution in [0.5, 0.6) is 0 Å². The topological polar surface area (TPSA) is 50.8 Å². The van der Waals surface area contributed by atoms with Crippen molar-refractivity contribution in [1.29, 1.82) is 0 Å². The Balaban J connectivity index is 1.77. The summed E-state index contributed by atoms with van der Waals surface area (Å²) in [6.45, 7) is 12.2. The van der Waals surface area contributed by atoms with Crippen molar-refractivity contribution in [2.75, 3.05) is 32.8 Å². The summed E-state index contributed by atoms with van der Waals surface area (Å²) in [7, 11) is 0. The fourth-order valence-electron chi connectivity index (χ4n) is 2.70. The molecule has 2 aliphatic heterocycles. The average molecular weight is 284 g/mol. The van der Waals surface area contributed by atoms with E-state index in [2.05, 4.69) is 12.2 Å². The van der Waals surface area contributed by atoms with Gasteiger partial charge in [0.25, 0.3) is 0 Å². The lowest BCUT2D eigenvalue weighted by molar-refractivity contribution is -0.0992. The quantitative estimate of drug-likeness (QED) is 0.858. The summed E-state index contributed by atoms with van der Waals surface area (Å²) < 4.78 is 10.7. The first kappa shape index (κ1) is 15.6. The van der Waals surface area contributed by atoms with Crippen molar-refractivity contribution in [2.24, 2.45) is 5.41 Å². The molecule has 0 aromatic rings. The molecule has 1 unspecified atom stereocenters. The van der Waals surface area contributed by atoms with Crippen LogP contribution in [0.4, 0.5) is 4.79 Å². The van der Waals surface area contributed by atoms with Crippen LogP contribution in [-0.4, -0.2) is 55.5 Å². The summed E-state index contributed by atoms with van der Waals surface area (Å²) in [5, 5.41) is 3.49. The summed E-state index contributed by atoms with van der Waals surface area (Å²) in [6, 6.07) is 0.259. The lowest BCUT2D eigenvalue weighted by Gasteiger charge is -2.38. The van der Waals surface area contributed by atoms with Gasteiger partial charge in [0.2, 0.25) is 0 Å². The van der Waals surface area contributed by atoms with Crippen LogP contribution < -0.4 is 5.32 Å². The summed E-state index contributed by atoms with van der Waals surface area (Å²) in [4.78, 5) is 14.0. The monoisotopic (exact) mass is 284 g/mol. The van der Waals surface area contributed by atoms with Gasteiger partial charge in [-0.1, -0.05) is 6.92 Å². The number of carbonyl (C=O) groups excluding carboxylic acids is 1. The van der Waals surface area contributed by atoms with E-state index >= 15 is 0 Å². The third-order valence-corrected chi connectivity index (χ3v) is 3.84. The van der Waals surface area contributed by atoms with Crippen molar-refractivity contribution < 1.29 is 14.3 Å². The van der Waals surface area contributed by atoms with E-state index in [0.717, 1.165) is 45.7 Å². The van der Waals surface area contributed by atoms with E-state index in [0.29, 0.717) is 0 Å². The van der Waals surface area contributed by atoms with Crippen LogP contribution in [-0.2, 0) is 9.47 Å². The lowest BCUT2D eigenvalue weighted by Crippen LogP contribution is -2.50. The van der Waals surface area contributed by atoms with Gasteiger partial charge in [-0.05, 0) is 33.6 Å². The van der Waals surface area contributed by atoms with E-state index < -0.39 is 5.60 Å². The summed E-state index contributed by atoms with van der Waals surface area (Å²) in [5.74, 6) is 0. The Bertz CT molecular complexity index is 348. The van der Waals surface area contributed by atoms with Gasteiger partial charge in [-0.3, -0.25) is 0 Å². The predicted octanol–water partition coefficient (Wildman–Crippen LogP) is 2.01. The Hall–Kier alpha value is -0.810. The number of hydrogen-bond donors (Lipinski definition) is 1. The molecule has 1 atom stereocenters. The SMILES string of the molecule is CC1(CNCC2CCCN2C(=O)OC(C)(C)C)COC1. The zero-order valence-electron chi connectivity index (χ0n) is 13.2. The highest BCUT2D eigenvalue weighted by atomic mass is 16.6. The Morgan fingerprint density at radius 3 is 2.70 bits per heavy atom. The third-order valence-electron chi connectivity index (χ3n) is 3.84. The van der Waals surface area contributed by atoms with Gasteiger partial charge >= 0.3 is 6.09 Å². The van der Waals surface area contributed by atoms with Crippen LogP contribution in [0.2, 0.25) is 0 Å². The number of nitrogens with one attached hydrogen (secondary N) is 1. The molecule has 0 aromatic carbocycles. The van der Waals surface area contributed by atoms with Crippen LogP contribution in [0.25, 0.3) is 0 Å². The standard InChI is InChI=1S/C15H28N2O3/c1-14(2,3)20-13(18)17-7-5-6-12(17)8-16-9-15(4)10-19-11-15/h12,16H,5-11H2,1-4H3. The molecule has 5 heteroatoms. The molecule has 2 heterocycles. The largest absolute Gasteiger partial charge is 0.444 e. The summed E-state index contributed by atoms with van der Waals surface area (Å²) in [6.07, 6.45) is 1.94. The van der Waals surface area contributed by atoms with E-state index in [-0.39, 0.29) is 17.6 Å². The molecule has 1 amide bonds. The number of carbonyl (C=O) groups is 1. The first-order valence-corrected chi connectivity index (χ1v) is 7.57. The zero-order chi connectivity index (χ0) is 14.8. The summed E-state index contributed by atoms with van der Waals surface area (Å²) in [5.41, 5.74) is -0.149. The molecule has 0 radical (unpaired) electrons. The minimum atomic E-state index is -0.422. The van der Waals surface area contributed by atoms with Crippen LogP contribution in [0, 0.1) is 5.41 Å². The number of likely N-dealkylation sites (tertiary alicyclic amines) is 1. The fourth-order valence-corrected chi connectivity index (χ4v) is 2.70. The highest BCUT2D eigenvalue weighted by molar-refractivity contribution is 5.69. The van der Waals surface area contributed by atoms with E-state index in [1.54, 1.807) is 0 Å². The lowest BCUT2D eigenvalue weighted by atomic mass is 9.89. The molecule has 1 N–H and O–H groups in total. The molecule has 2 rings (SSSR count). The van der Waals surface area contributed by atoms with Crippen molar-refractivity contribution >= 4 is 6.09 Å². The molecule has 0 saturated carbocycles. The van der Waals surface area contributed by atoms with E-state index in [1.165, 1.54) is 0 Å². The second-order valence-electron chi connectivity index (χ2n) is 7.40. The van der Waals surface area contributed by atoms with Gasteiger partial charge in [-0.25, -0.2) is 4.79 Å². The number of nitrogens with zero attached hydrogens (tertiary/aromatic N) is 1. The number of ether oxygens (including phenoxy) is 2. The van der Waals surface area contributed by atoms with Gasteiger partial charge in [0, 0.05) is 31.1 Å². The Kier molecular flexibility index (Phi) is 4.59. The van der Waals surface area contributed by atoms with Crippen LogP contribution in [0.3, 0.4) is 0 Å². The van der Waals surface area contributed by atoms with Gasteiger partial charge < -0.3 is 19.7 Å². The maximum atomic E-state index is 12.2. The predicted molar refractivity (Wildman–Crippen MR) is 77.8 cm³/mol. The molecule has 20 heavy (non-hydrogen) atoms. The molecule has 116 valence electrons. The molecule has 2 fully saturated rings. The molecule has 0 spiro atoms. The highest BCUT2D eigenvalue weighted by Crippen LogP contribution is 2.25. The minimum Gasteiger partial charge on any atom is -0.444 e. The second-order valence-corrected chi connectivity index (χ2v) is 7.40. The van der Waals surface area contributed by atoms with Crippen molar-refractivity contribution in [3.63, 3.8) is 0 Å². The normalized spacial score (nSPS) is 25.4. The summed E-state index contributed by atoms with van der Waals surface area (Å²) >= 11 is 0. The second kappa shape index (κ2) is 5.90. The Morgan fingerprint density at radius 1 is 1.45 bits per heavy atom. The molecule has 0 bridgehead atoms. The van der Waals surface area contributed by atoms with E-state index in [9.17, 15) is 4.79 Å². The first-order chi connectivity index (χ1) is 9.29. The molecule has 2 aliphatic rings. The average Bonchev–Trinajstić information content (AvgIpc) is 2.73. The first-order valence-electron chi connectivity index (χ1n) is 7.57. The van der Waals surface area contributed by atoms with Crippen LogP contribution in [0.1, 0.15) is 40.5 Å².